The van der Waals surface area contributed by atoms with Crippen molar-refractivity contribution in [2.75, 3.05) is 0 Å². The van der Waals surface area contributed by atoms with E-state index in [2.05, 4.69) is 17.5 Å². The van der Waals surface area contributed by atoms with Gasteiger partial charge in [0.2, 0.25) is 0 Å². The molecule has 1 amide bonds. The van der Waals surface area contributed by atoms with Gasteiger partial charge in [-0.1, -0.05) is 66.9 Å². The number of nitrogens with one attached hydrogen (secondary N) is 1. The van der Waals surface area contributed by atoms with Crippen molar-refractivity contribution in [1.29, 1.82) is 0 Å². The van der Waals surface area contributed by atoms with E-state index in [9.17, 15) is 4.79 Å². The van der Waals surface area contributed by atoms with Gasteiger partial charge in [0.05, 0.1) is 10.7 Å². The van der Waals surface area contributed by atoms with Crippen molar-refractivity contribution in [1.82, 2.24) is 5.43 Å². The topological polar surface area (TPSA) is 50.7 Å². The maximum atomic E-state index is 12.3. The average molecular weight is 393 g/mol. The molecule has 2 aromatic rings. The molecule has 0 aromatic heterocycles. The smallest absolute Gasteiger partial charge is 0.280 e. The molecule has 6 heteroatoms. The molecular weight excluding hydrogens is 371 g/mol. The molecule has 0 saturated carbocycles. The third-order valence-electron chi connectivity index (χ3n) is 3.74. The molecule has 0 saturated heterocycles. The second kappa shape index (κ2) is 10.2. The van der Waals surface area contributed by atoms with Crippen LogP contribution in [0.5, 0.6) is 5.75 Å². The predicted octanol–water partition coefficient (Wildman–Crippen LogP) is 5.47. The molecule has 138 valence electrons. The number of hydrazone groups is 1. The molecule has 4 nitrogen and oxygen atoms in total. The van der Waals surface area contributed by atoms with Crippen molar-refractivity contribution >= 4 is 34.8 Å². The lowest BCUT2D eigenvalue weighted by Crippen LogP contribution is -2.34. The number of rotatable bonds is 8. The Morgan fingerprint density at radius 1 is 1.19 bits per heavy atom. The second-order valence-corrected chi connectivity index (χ2v) is 6.68. The number of amides is 1. The molecule has 0 aliphatic heterocycles. The van der Waals surface area contributed by atoms with Gasteiger partial charge in [-0.15, -0.1) is 0 Å². The SMILES string of the molecule is CCCC/C(=N\NC(=O)C(C)Oc1ccc(Cl)cc1Cl)c1ccccc1. The number of hydrogen-bond donors (Lipinski definition) is 1. The largest absolute Gasteiger partial charge is 0.479 e. The molecule has 2 aromatic carbocycles. The molecule has 26 heavy (non-hydrogen) atoms. The van der Waals surface area contributed by atoms with E-state index in [0.29, 0.717) is 15.8 Å². The van der Waals surface area contributed by atoms with Crippen LogP contribution in [-0.2, 0) is 4.79 Å². The number of ether oxygens (including phenoxy) is 1. The van der Waals surface area contributed by atoms with E-state index in [4.69, 9.17) is 27.9 Å². The lowest BCUT2D eigenvalue weighted by molar-refractivity contribution is -0.127. The molecule has 0 spiro atoms. The minimum atomic E-state index is -0.749. The van der Waals surface area contributed by atoms with Gasteiger partial charge in [0.15, 0.2) is 6.10 Å². The summed E-state index contributed by atoms with van der Waals surface area (Å²) in [4.78, 5) is 12.3. The maximum absolute atomic E-state index is 12.3. The maximum Gasteiger partial charge on any atom is 0.280 e. The third-order valence-corrected chi connectivity index (χ3v) is 4.27. The molecule has 1 atom stereocenters. The van der Waals surface area contributed by atoms with Gasteiger partial charge in [0.1, 0.15) is 5.75 Å². The van der Waals surface area contributed by atoms with Crippen molar-refractivity contribution in [3.63, 3.8) is 0 Å². The zero-order chi connectivity index (χ0) is 18.9. The lowest BCUT2D eigenvalue weighted by Gasteiger charge is -2.15. The number of carbonyl (C=O) groups is 1. The number of unbranched alkanes of at least 4 members (excludes halogenated alkanes) is 1. The van der Waals surface area contributed by atoms with E-state index in [0.717, 1.165) is 30.5 Å². The lowest BCUT2D eigenvalue weighted by atomic mass is 10.1. The summed E-state index contributed by atoms with van der Waals surface area (Å²) in [5.41, 5.74) is 4.44. The standard InChI is InChI=1S/C20H22Cl2N2O2/c1-3-4-10-18(15-8-6-5-7-9-15)23-24-20(25)14(2)26-19-12-11-16(21)13-17(19)22/h5-9,11-14H,3-4,10H2,1-2H3,(H,24,25)/b23-18+. The molecule has 0 aliphatic rings. The van der Waals surface area contributed by atoms with Gasteiger partial charge in [0, 0.05) is 5.02 Å². The van der Waals surface area contributed by atoms with E-state index in [-0.39, 0.29) is 5.91 Å². The van der Waals surface area contributed by atoms with E-state index >= 15 is 0 Å². The summed E-state index contributed by atoms with van der Waals surface area (Å²) in [6, 6.07) is 14.7. The van der Waals surface area contributed by atoms with E-state index in [1.54, 1.807) is 25.1 Å². The van der Waals surface area contributed by atoms with Crippen LogP contribution in [0, 0.1) is 0 Å². The van der Waals surface area contributed by atoms with Gasteiger partial charge in [-0.05, 0) is 43.5 Å². The molecule has 1 N–H and O–H groups in total. The van der Waals surface area contributed by atoms with Gasteiger partial charge in [-0.2, -0.15) is 5.10 Å². The first-order valence-electron chi connectivity index (χ1n) is 8.54. The van der Waals surface area contributed by atoms with E-state index in [1.165, 1.54) is 0 Å². The van der Waals surface area contributed by atoms with Crippen molar-refractivity contribution < 1.29 is 9.53 Å². The van der Waals surface area contributed by atoms with Crippen molar-refractivity contribution in [2.24, 2.45) is 5.10 Å². The highest BCUT2D eigenvalue weighted by Gasteiger charge is 2.16. The average Bonchev–Trinajstić information content (AvgIpc) is 2.64. The Morgan fingerprint density at radius 2 is 1.92 bits per heavy atom. The number of hydrogen-bond acceptors (Lipinski definition) is 3. The highest BCUT2D eigenvalue weighted by atomic mass is 35.5. The van der Waals surface area contributed by atoms with Gasteiger partial charge in [-0.25, -0.2) is 5.43 Å². The fourth-order valence-corrected chi connectivity index (χ4v) is 2.72. The monoisotopic (exact) mass is 392 g/mol. The third kappa shape index (κ3) is 6.04. The number of nitrogens with zero attached hydrogens (tertiary/aromatic N) is 1. The van der Waals surface area contributed by atoms with Gasteiger partial charge >= 0.3 is 0 Å². The first-order chi connectivity index (χ1) is 12.5. The van der Waals surface area contributed by atoms with E-state index in [1.807, 2.05) is 30.3 Å². The molecule has 0 aliphatic carbocycles. The van der Waals surface area contributed by atoms with Crippen molar-refractivity contribution in [3.05, 3.63) is 64.1 Å². The Balaban J connectivity index is 2.04. The van der Waals surface area contributed by atoms with Gasteiger partial charge in [0.25, 0.3) is 5.91 Å². The minimum Gasteiger partial charge on any atom is -0.479 e. The number of halogens is 2. The van der Waals surface area contributed by atoms with Crippen LogP contribution in [0.1, 0.15) is 38.7 Å². The van der Waals surface area contributed by atoms with Crippen LogP contribution in [0.3, 0.4) is 0 Å². The highest BCUT2D eigenvalue weighted by molar-refractivity contribution is 6.35. The summed E-state index contributed by atoms with van der Waals surface area (Å²) in [6.45, 7) is 3.76. The van der Waals surface area contributed by atoms with Crippen LogP contribution in [0.25, 0.3) is 0 Å². The predicted molar refractivity (Wildman–Crippen MR) is 107 cm³/mol. The molecule has 1 unspecified atom stereocenters. The Bertz CT molecular complexity index is 764. The molecule has 2 rings (SSSR count). The molecule has 0 fully saturated rings. The Morgan fingerprint density at radius 3 is 2.58 bits per heavy atom. The van der Waals surface area contributed by atoms with Crippen LogP contribution >= 0.6 is 23.2 Å². The Hall–Kier alpha value is -2.04. The van der Waals surface area contributed by atoms with Crippen molar-refractivity contribution in [2.45, 2.75) is 39.2 Å². The summed E-state index contributed by atoms with van der Waals surface area (Å²) in [7, 11) is 0. The fourth-order valence-electron chi connectivity index (χ4n) is 2.27. The first kappa shape index (κ1) is 20.3. The Labute approximate surface area is 164 Å². The molecule has 0 heterocycles. The first-order valence-corrected chi connectivity index (χ1v) is 9.30. The normalized spacial score (nSPS) is 12.5. The zero-order valence-corrected chi connectivity index (χ0v) is 16.3. The summed E-state index contributed by atoms with van der Waals surface area (Å²) in [5.74, 6) is 0.0536. The summed E-state index contributed by atoms with van der Waals surface area (Å²) in [6.07, 6.45) is 2.09. The zero-order valence-electron chi connectivity index (χ0n) is 14.8. The van der Waals surface area contributed by atoms with Crippen LogP contribution in [0.4, 0.5) is 0 Å². The second-order valence-electron chi connectivity index (χ2n) is 5.84. The van der Waals surface area contributed by atoms with Crippen LogP contribution < -0.4 is 10.2 Å². The highest BCUT2D eigenvalue weighted by Crippen LogP contribution is 2.28. The molecular formula is C20H22Cl2N2O2. The summed E-state index contributed by atoms with van der Waals surface area (Å²) < 4.78 is 5.61. The van der Waals surface area contributed by atoms with Crippen molar-refractivity contribution in [3.8, 4) is 5.75 Å². The van der Waals surface area contributed by atoms with E-state index < -0.39 is 6.10 Å². The summed E-state index contributed by atoms with van der Waals surface area (Å²) >= 11 is 11.9. The number of carbonyl (C=O) groups excluding carboxylic acids is 1. The van der Waals surface area contributed by atoms with Gasteiger partial charge in [-0.3, -0.25) is 4.79 Å². The molecule has 0 bridgehead atoms. The minimum absolute atomic E-state index is 0.346. The van der Waals surface area contributed by atoms with Crippen LogP contribution in [-0.4, -0.2) is 17.7 Å². The van der Waals surface area contributed by atoms with Gasteiger partial charge < -0.3 is 4.74 Å². The molecule has 0 radical (unpaired) electrons. The quantitative estimate of drug-likeness (QED) is 0.478. The fraction of sp³-hybridized carbons (Fsp3) is 0.300. The number of benzene rings is 2. The van der Waals surface area contributed by atoms with Crippen LogP contribution in [0.2, 0.25) is 10.0 Å². The Kier molecular flexibility index (Phi) is 7.95. The summed E-state index contributed by atoms with van der Waals surface area (Å²) in [5, 5.41) is 5.18. The van der Waals surface area contributed by atoms with Crippen LogP contribution in [0.15, 0.2) is 53.6 Å².